The highest BCUT2D eigenvalue weighted by Crippen LogP contribution is 2.32. The van der Waals surface area contributed by atoms with Crippen LogP contribution in [0.15, 0.2) is 22.8 Å². The lowest BCUT2D eigenvalue weighted by Gasteiger charge is -2.33. The highest BCUT2D eigenvalue weighted by atomic mass is 16.4. The lowest BCUT2D eigenvalue weighted by Crippen LogP contribution is -2.44. The van der Waals surface area contributed by atoms with E-state index < -0.39 is 11.9 Å². The number of hydrogen-bond donors (Lipinski definition) is 1. The van der Waals surface area contributed by atoms with Crippen molar-refractivity contribution >= 4 is 11.9 Å². The maximum Gasteiger partial charge on any atom is 0.307 e. The molecule has 1 aliphatic rings. The normalized spacial score (nSPS) is 23.0. The van der Waals surface area contributed by atoms with Gasteiger partial charge in [0.2, 0.25) is 5.91 Å². The molecular formula is C17H25NO4. The minimum absolute atomic E-state index is 0.0287. The molecule has 1 aromatic heterocycles. The predicted molar refractivity (Wildman–Crippen MR) is 82.3 cm³/mol. The van der Waals surface area contributed by atoms with E-state index >= 15 is 0 Å². The molecule has 5 nitrogen and oxygen atoms in total. The van der Waals surface area contributed by atoms with Crippen LogP contribution in [-0.2, 0) is 16.0 Å². The maximum absolute atomic E-state index is 12.7. The van der Waals surface area contributed by atoms with E-state index in [1.807, 2.05) is 19.1 Å². The summed E-state index contributed by atoms with van der Waals surface area (Å²) in [5.41, 5.74) is 0. The van der Waals surface area contributed by atoms with E-state index in [0.29, 0.717) is 12.8 Å². The molecular weight excluding hydrogens is 282 g/mol. The van der Waals surface area contributed by atoms with Crippen LogP contribution in [0.25, 0.3) is 0 Å². The first-order valence-electron chi connectivity index (χ1n) is 8.02. The van der Waals surface area contributed by atoms with Gasteiger partial charge in [0.1, 0.15) is 5.76 Å². The van der Waals surface area contributed by atoms with Gasteiger partial charge in [0.15, 0.2) is 0 Å². The number of carbonyl (C=O) groups excluding carboxylic acids is 1. The van der Waals surface area contributed by atoms with Gasteiger partial charge in [-0.05, 0) is 38.3 Å². The van der Waals surface area contributed by atoms with Crippen molar-refractivity contribution in [3.63, 3.8) is 0 Å². The molecule has 0 aliphatic heterocycles. The third-order valence-corrected chi connectivity index (χ3v) is 4.80. The second-order valence-electron chi connectivity index (χ2n) is 6.25. The lowest BCUT2D eigenvalue weighted by atomic mass is 9.78. The van der Waals surface area contributed by atoms with Gasteiger partial charge >= 0.3 is 5.97 Å². The Morgan fingerprint density at radius 1 is 1.36 bits per heavy atom. The molecule has 0 spiro atoms. The molecule has 3 atom stereocenters. The minimum atomic E-state index is -0.838. The third-order valence-electron chi connectivity index (χ3n) is 4.80. The van der Waals surface area contributed by atoms with Crippen LogP contribution in [0, 0.1) is 11.8 Å². The van der Waals surface area contributed by atoms with Gasteiger partial charge < -0.3 is 14.4 Å². The van der Waals surface area contributed by atoms with Gasteiger partial charge in [-0.25, -0.2) is 0 Å². The molecule has 0 bridgehead atoms. The average molecular weight is 307 g/mol. The predicted octanol–water partition coefficient (Wildman–Crippen LogP) is 2.95. The topological polar surface area (TPSA) is 70.8 Å². The highest BCUT2D eigenvalue weighted by Gasteiger charge is 2.37. The molecule has 1 heterocycles. The van der Waals surface area contributed by atoms with Crippen molar-refractivity contribution < 1.29 is 19.1 Å². The van der Waals surface area contributed by atoms with E-state index in [2.05, 4.69) is 0 Å². The number of amides is 1. The summed E-state index contributed by atoms with van der Waals surface area (Å²) in [6.45, 7) is 2.00. The first kappa shape index (κ1) is 16.6. The second kappa shape index (κ2) is 7.47. The third kappa shape index (κ3) is 3.90. The molecule has 1 aromatic rings. The molecule has 0 unspecified atom stereocenters. The molecule has 122 valence electrons. The van der Waals surface area contributed by atoms with Crippen LogP contribution in [0.3, 0.4) is 0 Å². The molecule has 22 heavy (non-hydrogen) atoms. The zero-order valence-corrected chi connectivity index (χ0v) is 13.3. The Bertz CT molecular complexity index is 497. The Morgan fingerprint density at radius 3 is 2.64 bits per heavy atom. The summed E-state index contributed by atoms with van der Waals surface area (Å²) in [6.07, 6.45) is 6.37. The molecule has 1 saturated carbocycles. The molecule has 2 rings (SSSR count). The molecule has 1 N–H and O–H groups in total. The van der Waals surface area contributed by atoms with Crippen molar-refractivity contribution in [3.8, 4) is 0 Å². The summed E-state index contributed by atoms with van der Waals surface area (Å²) in [5, 5.41) is 9.32. The van der Waals surface area contributed by atoms with Crippen LogP contribution in [0.1, 0.15) is 44.8 Å². The first-order valence-corrected chi connectivity index (χ1v) is 8.02. The van der Waals surface area contributed by atoms with Crippen LogP contribution in [0.4, 0.5) is 0 Å². The van der Waals surface area contributed by atoms with E-state index in [-0.39, 0.29) is 17.9 Å². The van der Waals surface area contributed by atoms with Crippen molar-refractivity contribution in [2.75, 3.05) is 7.05 Å². The number of aliphatic carboxylic acids is 1. The van der Waals surface area contributed by atoms with Crippen molar-refractivity contribution in [2.24, 2.45) is 11.8 Å². The molecule has 0 aromatic carbocycles. The standard InChI is InChI=1S/C17H25NO4/c1-12(9-10-13-6-5-11-22-13)18(2)16(19)14-7-3-4-8-15(14)17(20)21/h5-6,11-12,14-15H,3-4,7-10H2,1-2H3,(H,20,21)/t12-,14-,15+/m1/s1. The van der Waals surface area contributed by atoms with Crippen LogP contribution in [0.5, 0.6) is 0 Å². The van der Waals surface area contributed by atoms with Gasteiger partial charge in [-0.3, -0.25) is 9.59 Å². The fourth-order valence-corrected chi connectivity index (χ4v) is 3.20. The van der Waals surface area contributed by atoms with Crippen molar-refractivity contribution in [1.82, 2.24) is 4.90 Å². The van der Waals surface area contributed by atoms with E-state index in [0.717, 1.165) is 31.4 Å². The summed E-state index contributed by atoms with van der Waals surface area (Å²) in [4.78, 5) is 25.7. The van der Waals surface area contributed by atoms with E-state index in [9.17, 15) is 14.7 Å². The number of rotatable bonds is 6. The molecule has 0 saturated heterocycles. The fraction of sp³-hybridized carbons (Fsp3) is 0.647. The maximum atomic E-state index is 12.7. The molecule has 0 radical (unpaired) electrons. The van der Waals surface area contributed by atoms with Gasteiger partial charge in [-0.2, -0.15) is 0 Å². The number of carboxylic acids is 1. The van der Waals surface area contributed by atoms with Crippen molar-refractivity contribution in [1.29, 1.82) is 0 Å². The Morgan fingerprint density at radius 2 is 2.05 bits per heavy atom. The SMILES string of the molecule is C[C@H](CCc1ccco1)N(C)C(=O)[C@@H]1CCCC[C@@H]1C(=O)O. The van der Waals surface area contributed by atoms with E-state index in [1.165, 1.54) is 0 Å². The Kier molecular flexibility index (Phi) is 5.63. The van der Waals surface area contributed by atoms with Gasteiger partial charge in [-0.1, -0.05) is 12.8 Å². The summed E-state index contributed by atoms with van der Waals surface area (Å²) in [7, 11) is 1.78. The molecule has 1 fully saturated rings. The molecule has 1 amide bonds. The molecule has 5 heteroatoms. The van der Waals surface area contributed by atoms with Crippen molar-refractivity contribution in [3.05, 3.63) is 24.2 Å². The van der Waals surface area contributed by atoms with Gasteiger partial charge in [0.25, 0.3) is 0 Å². The van der Waals surface area contributed by atoms with E-state index in [1.54, 1.807) is 18.2 Å². The summed E-state index contributed by atoms with van der Waals surface area (Å²) < 4.78 is 5.31. The smallest absolute Gasteiger partial charge is 0.307 e. The highest BCUT2D eigenvalue weighted by molar-refractivity contribution is 5.85. The summed E-state index contributed by atoms with van der Waals surface area (Å²) in [6, 6.07) is 3.85. The Balaban J connectivity index is 1.93. The molecule has 1 aliphatic carbocycles. The second-order valence-corrected chi connectivity index (χ2v) is 6.25. The Labute approximate surface area is 131 Å². The number of aryl methyl sites for hydroxylation is 1. The minimum Gasteiger partial charge on any atom is -0.481 e. The van der Waals surface area contributed by atoms with Crippen molar-refractivity contribution in [2.45, 2.75) is 51.5 Å². The zero-order chi connectivity index (χ0) is 16.1. The quantitative estimate of drug-likeness (QED) is 0.877. The number of hydrogen-bond acceptors (Lipinski definition) is 3. The van der Waals surface area contributed by atoms with Gasteiger partial charge in [-0.15, -0.1) is 0 Å². The lowest BCUT2D eigenvalue weighted by molar-refractivity contribution is -0.152. The summed E-state index contributed by atoms with van der Waals surface area (Å²) in [5.74, 6) is -0.856. The number of nitrogens with zero attached hydrogens (tertiary/aromatic N) is 1. The number of carbonyl (C=O) groups is 2. The average Bonchev–Trinajstić information content (AvgIpc) is 3.04. The van der Waals surface area contributed by atoms with Gasteiger partial charge in [0.05, 0.1) is 18.1 Å². The number of carboxylic acid groups (broad SMARTS) is 1. The van der Waals surface area contributed by atoms with Crippen LogP contribution in [0.2, 0.25) is 0 Å². The number of furan rings is 1. The summed E-state index contributed by atoms with van der Waals surface area (Å²) >= 11 is 0. The van der Waals surface area contributed by atoms with E-state index in [4.69, 9.17) is 4.42 Å². The first-order chi connectivity index (χ1) is 10.5. The van der Waals surface area contributed by atoms with Crippen LogP contribution < -0.4 is 0 Å². The largest absolute Gasteiger partial charge is 0.481 e. The fourth-order valence-electron chi connectivity index (χ4n) is 3.20. The van der Waals surface area contributed by atoms with Crippen LogP contribution in [-0.4, -0.2) is 35.0 Å². The van der Waals surface area contributed by atoms with Crippen LogP contribution >= 0.6 is 0 Å². The van der Waals surface area contributed by atoms with Gasteiger partial charge in [0, 0.05) is 19.5 Å². The monoisotopic (exact) mass is 307 g/mol. The Hall–Kier alpha value is -1.78. The zero-order valence-electron chi connectivity index (χ0n) is 13.3.